The van der Waals surface area contributed by atoms with Crippen LogP contribution in [0.5, 0.6) is 0 Å². The summed E-state index contributed by atoms with van der Waals surface area (Å²) >= 11 is 0. The average Bonchev–Trinajstić information content (AvgIpc) is 3.27. The first-order valence-corrected chi connectivity index (χ1v) is 24.0. The Hall–Kier alpha value is -4.71. The van der Waals surface area contributed by atoms with Gasteiger partial charge in [0.25, 0.3) is 0 Å². The SMILES string of the molecule is CC\C=C/C=C\C=C/C=C\C=C\C=C/CCCCCC(=O)OCC(COC(=O)CCCC/C=C\C/C=C\C/C=C\CC)OC(=O)CCCCCCCCC\C=C/C=C\C=C/CC. The summed E-state index contributed by atoms with van der Waals surface area (Å²) in [4.78, 5) is 37.9. The van der Waals surface area contributed by atoms with Crippen LogP contribution in [0.4, 0.5) is 0 Å². The number of ether oxygens (including phenoxy) is 3. The van der Waals surface area contributed by atoms with Gasteiger partial charge in [-0.1, -0.05) is 205 Å². The van der Waals surface area contributed by atoms with Crippen LogP contribution in [0.15, 0.2) is 146 Å². The van der Waals surface area contributed by atoms with Gasteiger partial charge in [0, 0.05) is 19.3 Å². The van der Waals surface area contributed by atoms with Gasteiger partial charge < -0.3 is 14.2 Å². The molecule has 0 saturated heterocycles. The number of hydrogen-bond donors (Lipinski definition) is 0. The van der Waals surface area contributed by atoms with Gasteiger partial charge in [-0.15, -0.1) is 0 Å². The van der Waals surface area contributed by atoms with Crippen LogP contribution in [-0.2, 0) is 28.6 Å². The smallest absolute Gasteiger partial charge is 0.306 e. The van der Waals surface area contributed by atoms with Crippen LogP contribution in [0.3, 0.4) is 0 Å². The summed E-state index contributed by atoms with van der Waals surface area (Å²) in [5.41, 5.74) is 0. The van der Waals surface area contributed by atoms with Crippen molar-refractivity contribution < 1.29 is 28.6 Å². The number of carbonyl (C=O) groups excluding carboxylic acids is 3. The minimum atomic E-state index is -0.824. The standard InChI is InChI=1S/C56H84O6/c1-4-7-10-13-16-19-22-25-27-28-30-31-34-37-40-43-46-49-55(58)61-52-53(51-60-54(57)48-45-42-39-36-33-24-21-18-15-12-9-6-3)62-56(59)50-47-44-41-38-35-32-29-26-23-20-17-14-11-8-5-2/h7-14,16-23,25,27-28,30-31,33-34,36,53H,4-6,15,24,26,29,32,35,37-52H2,1-3H3/b10-7-,11-8-,12-9-,16-13-,17-14-,21-18-,22-19-,23-20-,27-25-,30-28+,34-31-,36-33-. The van der Waals surface area contributed by atoms with E-state index in [9.17, 15) is 14.4 Å². The van der Waals surface area contributed by atoms with E-state index in [1.54, 1.807) is 0 Å². The topological polar surface area (TPSA) is 78.9 Å². The highest BCUT2D eigenvalue weighted by molar-refractivity contribution is 5.71. The largest absolute Gasteiger partial charge is 0.462 e. The number of esters is 3. The third kappa shape index (κ3) is 46.4. The van der Waals surface area contributed by atoms with Crippen molar-refractivity contribution >= 4 is 17.9 Å². The van der Waals surface area contributed by atoms with E-state index >= 15 is 0 Å². The molecule has 0 amide bonds. The first-order valence-electron chi connectivity index (χ1n) is 24.0. The van der Waals surface area contributed by atoms with E-state index in [1.165, 1.54) is 19.3 Å². The zero-order valence-electron chi connectivity index (χ0n) is 39.1. The molecule has 1 atom stereocenters. The van der Waals surface area contributed by atoms with Gasteiger partial charge in [0.05, 0.1) is 0 Å². The monoisotopic (exact) mass is 853 g/mol. The molecule has 0 N–H and O–H groups in total. The fraction of sp³-hybridized carbons (Fsp3) is 0.518. The van der Waals surface area contributed by atoms with Crippen molar-refractivity contribution in [1.29, 1.82) is 0 Å². The molecule has 1 unspecified atom stereocenters. The zero-order valence-corrected chi connectivity index (χ0v) is 39.1. The third-order valence-electron chi connectivity index (χ3n) is 9.29. The fourth-order valence-electron chi connectivity index (χ4n) is 5.78. The van der Waals surface area contributed by atoms with Gasteiger partial charge in [-0.25, -0.2) is 0 Å². The van der Waals surface area contributed by atoms with Crippen LogP contribution in [0.1, 0.15) is 168 Å². The van der Waals surface area contributed by atoms with Crippen LogP contribution >= 0.6 is 0 Å². The molecular formula is C56H84O6. The predicted molar refractivity (Wildman–Crippen MR) is 265 cm³/mol. The number of rotatable bonds is 40. The molecule has 0 spiro atoms. The number of unbranched alkanes of at least 4 members (excludes halogenated alkanes) is 12. The average molecular weight is 853 g/mol. The van der Waals surface area contributed by atoms with Crippen molar-refractivity contribution in [1.82, 2.24) is 0 Å². The molecule has 0 rings (SSSR count). The Balaban J connectivity index is 4.58. The Morgan fingerprint density at radius 2 is 0.661 bits per heavy atom. The second-order valence-electron chi connectivity index (χ2n) is 15.1. The van der Waals surface area contributed by atoms with Crippen LogP contribution < -0.4 is 0 Å². The van der Waals surface area contributed by atoms with Crippen molar-refractivity contribution in [3.63, 3.8) is 0 Å². The van der Waals surface area contributed by atoms with Crippen molar-refractivity contribution in [3.8, 4) is 0 Å². The molecule has 0 aliphatic heterocycles. The Morgan fingerprint density at radius 1 is 0.339 bits per heavy atom. The maximum absolute atomic E-state index is 12.8. The van der Waals surface area contributed by atoms with Crippen molar-refractivity contribution in [2.45, 2.75) is 175 Å². The zero-order chi connectivity index (χ0) is 45.1. The van der Waals surface area contributed by atoms with Crippen LogP contribution in [0.25, 0.3) is 0 Å². The molecule has 0 aliphatic rings. The van der Waals surface area contributed by atoms with Gasteiger partial charge in [0.1, 0.15) is 13.2 Å². The Labute approximate surface area is 378 Å². The molecule has 62 heavy (non-hydrogen) atoms. The number of allylic oxidation sites excluding steroid dienone is 24. The number of carbonyl (C=O) groups is 3. The summed E-state index contributed by atoms with van der Waals surface area (Å²) in [5.74, 6) is -1.03. The number of hydrogen-bond acceptors (Lipinski definition) is 6. The molecule has 0 aliphatic carbocycles. The van der Waals surface area contributed by atoms with Gasteiger partial charge in [-0.3, -0.25) is 14.4 Å². The molecule has 0 saturated carbocycles. The fourth-order valence-corrected chi connectivity index (χ4v) is 5.78. The molecule has 0 aromatic carbocycles. The lowest BCUT2D eigenvalue weighted by atomic mass is 10.1. The van der Waals surface area contributed by atoms with Crippen LogP contribution in [0, 0.1) is 0 Å². The highest BCUT2D eigenvalue weighted by Crippen LogP contribution is 2.12. The van der Waals surface area contributed by atoms with Crippen LogP contribution in [0.2, 0.25) is 0 Å². The minimum Gasteiger partial charge on any atom is -0.462 e. The van der Waals surface area contributed by atoms with Gasteiger partial charge in [-0.2, -0.15) is 0 Å². The summed E-state index contributed by atoms with van der Waals surface area (Å²) in [7, 11) is 0. The summed E-state index contributed by atoms with van der Waals surface area (Å²) in [6.07, 6.45) is 69.7. The quantitative estimate of drug-likeness (QED) is 0.0201. The van der Waals surface area contributed by atoms with Gasteiger partial charge >= 0.3 is 17.9 Å². The van der Waals surface area contributed by atoms with E-state index in [4.69, 9.17) is 14.2 Å². The maximum atomic E-state index is 12.8. The van der Waals surface area contributed by atoms with Crippen molar-refractivity contribution in [3.05, 3.63) is 146 Å². The lowest BCUT2D eigenvalue weighted by molar-refractivity contribution is -0.167. The lowest BCUT2D eigenvalue weighted by Gasteiger charge is -2.18. The van der Waals surface area contributed by atoms with Crippen molar-refractivity contribution in [2.24, 2.45) is 0 Å². The normalized spacial score (nSPS) is 13.4. The first kappa shape index (κ1) is 57.3. The maximum Gasteiger partial charge on any atom is 0.306 e. The van der Waals surface area contributed by atoms with Crippen LogP contribution in [-0.4, -0.2) is 37.2 Å². The molecular weight excluding hydrogens is 769 g/mol. The Kier molecular flexibility index (Phi) is 45.2. The highest BCUT2D eigenvalue weighted by Gasteiger charge is 2.19. The molecule has 6 heteroatoms. The van der Waals surface area contributed by atoms with E-state index in [1.807, 2.05) is 60.8 Å². The predicted octanol–water partition coefficient (Wildman–Crippen LogP) is 15.7. The summed E-state index contributed by atoms with van der Waals surface area (Å²) < 4.78 is 16.7. The van der Waals surface area contributed by atoms with Gasteiger partial charge in [0.15, 0.2) is 6.10 Å². The molecule has 0 aromatic rings. The second kappa shape index (κ2) is 49.0. The van der Waals surface area contributed by atoms with E-state index in [0.29, 0.717) is 25.7 Å². The highest BCUT2D eigenvalue weighted by atomic mass is 16.6. The lowest BCUT2D eigenvalue weighted by Crippen LogP contribution is -2.30. The Bertz CT molecular complexity index is 1440. The van der Waals surface area contributed by atoms with Gasteiger partial charge in [0.2, 0.25) is 0 Å². The van der Waals surface area contributed by atoms with Gasteiger partial charge in [-0.05, 0) is 89.9 Å². The molecule has 6 nitrogen and oxygen atoms in total. The molecule has 0 fully saturated rings. The van der Waals surface area contributed by atoms with E-state index in [0.717, 1.165) is 96.3 Å². The van der Waals surface area contributed by atoms with E-state index in [-0.39, 0.29) is 37.5 Å². The molecule has 0 aromatic heterocycles. The minimum absolute atomic E-state index is 0.125. The van der Waals surface area contributed by atoms with E-state index in [2.05, 4.69) is 106 Å². The third-order valence-corrected chi connectivity index (χ3v) is 9.29. The van der Waals surface area contributed by atoms with Crippen molar-refractivity contribution in [2.75, 3.05) is 13.2 Å². The first-order chi connectivity index (χ1) is 30.5. The summed E-state index contributed by atoms with van der Waals surface area (Å²) in [5, 5.41) is 0. The molecule has 0 heterocycles. The molecule has 0 bridgehead atoms. The summed E-state index contributed by atoms with van der Waals surface area (Å²) in [6.45, 7) is 6.12. The Morgan fingerprint density at radius 3 is 1.15 bits per heavy atom. The second-order valence-corrected chi connectivity index (χ2v) is 15.1. The van der Waals surface area contributed by atoms with E-state index < -0.39 is 6.10 Å². The summed E-state index contributed by atoms with van der Waals surface area (Å²) in [6, 6.07) is 0. The molecule has 344 valence electrons. The molecule has 0 radical (unpaired) electrons.